The van der Waals surface area contributed by atoms with E-state index in [4.69, 9.17) is 19.3 Å². The third kappa shape index (κ3) is 18.5. The number of likely N-dealkylation sites (N-methyl/N-ethyl adjacent to an activating group) is 1. The van der Waals surface area contributed by atoms with Gasteiger partial charge in [-0.05, 0) is 6.42 Å². The highest BCUT2D eigenvalue weighted by atomic mass is 16.7. The molecule has 8 heteroatoms. The molecule has 0 rings (SSSR count). The number of hydrogen-bond acceptors (Lipinski definition) is 6. The number of unbranched alkanes of at least 4 members (excludes halogenated alkanes) is 7. The number of ether oxygens (including phenoxy) is 3. The summed E-state index contributed by atoms with van der Waals surface area (Å²) in [5.74, 6) is -1.62. The summed E-state index contributed by atoms with van der Waals surface area (Å²) in [5, 5.41) is 19.0. The van der Waals surface area contributed by atoms with Gasteiger partial charge in [0.05, 0.1) is 34.4 Å². The molecular formula is C21H42NO7+. The quantitative estimate of drug-likeness (QED) is 0.143. The molecule has 0 radical (unpaired) electrons. The van der Waals surface area contributed by atoms with Gasteiger partial charge in [-0.25, -0.2) is 4.79 Å². The zero-order valence-corrected chi connectivity index (χ0v) is 18.7. The fourth-order valence-electron chi connectivity index (χ4n) is 2.54. The number of aliphatic hydroxyl groups excluding tert-OH is 1. The second-order valence-electron chi connectivity index (χ2n) is 8.45. The van der Waals surface area contributed by atoms with Gasteiger partial charge in [0.25, 0.3) is 6.29 Å². The Balaban J connectivity index is 3.82. The van der Waals surface area contributed by atoms with Gasteiger partial charge in [-0.1, -0.05) is 51.9 Å². The molecule has 8 nitrogen and oxygen atoms in total. The van der Waals surface area contributed by atoms with Gasteiger partial charge in [0, 0.05) is 6.42 Å². The number of carboxylic acids is 1. The van der Waals surface area contributed by atoms with Gasteiger partial charge < -0.3 is 28.9 Å². The summed E-state index contributed by atoms with van der Waals surface area (Å²) in [6.07, 6.45) is 6.93. The van der Waals surface area contributed by atoms with E-state index in [2.05, 4.69) is 6.92 Å². The Morgan fingerprint density at radius 3 is 2.03 bits per heavy atom. The van der Waals surface area contributed by atoms with Crippen LogP contribution in [0.2, 0.25) is 0 Å². The van der Waals surface area contributed by atoms with Crippen molar-refractivity contribution in [3.8, 4) is 0 Å². The van der Waals surface area contributed by atoms with Crippen LogP contribution in [0, 0.1) is 0 Å². The number of carbonyl (C=O) groups excluding carboxylic acids is 1. The number of aliphatic carboxylic acids is 1. The van der Waals surface area contributed by atoms with E-state index in [9.17, 15) is 14.7 Å². The Morgan fingerprint density at radius 1 is 0.897 bits per heavy atom. The van der Waals surface area contributed by atoms with Crippen LogP contribution in [0.3, 0.4) is 0 Å². The molecule has 2 unspecified atom stereocenters. The molecule has 0 spiro atoms. The summed E-state index contributed by atoms with van der Waals surface area (Å²) in [5.41, 5.74) is 0. The van der Waals surface area contributed by atoms with E-state index in [1.54, 1.807) is 0 Å². The van der Waals surface area contributed by atoms with E-state index in [-0.39, 0.29) is 25.8 Å². The van der Waals surface area contributed by atoms with E-state index in [0.29, 0.717) is 17.4 Å². The molecular weight excluding hydrogens is 378 g/mol. The maximum Gasteiger partial charge on any atom is 0.361 e. The zero-order valence-electron chi connectivity index (χ0n) is 18.7. The highest BCUT2D eigenvalue weighted by molar-refractivity contribution is 5.70. The summed E-state index contributed by atoms with van der Waals surface area (Å²) >= 11 is 0. The summed E-state index contributed by atoms with van der Waals surface area (Å²) in [6.45, 7) is 2.52. The molecule has 0 aromatic heterocycles. The highest BCUT2D eigenvalue weighted by Gasteiger charge is 2.22. The largest absolute Gasteiger partial charge is 0.477 e. The minimum atomic E-state index is -1.45. The average Bonchev–Trinajstić information content (AvgIpc) is 2.63. The molecule has 0 aliphatic heterocycles. The van der Waals surface area contributed by atoms with Crippen LogP contribution < -0.4 is 0 Å². The van der Waals surface area contributed by atoms with Crippen molar-refractivity contribution >= 4 is 11.9 Å². The van der Waals surface area contributed by atoms with E-state index in [0.717, 1.165) is 19.3 Å². The normalized spacial score (nSPS) is 13.8. The van der Waals surface area contributed by atoms with Crippen LogP contribution in [0.25, 0.3) is 0 Å². The van der Waals surface area contributed by atoms with Crippen molar-refractivity contribution in [3.05, 3.63) is 0 Å². The van der Waals surface area contributed by atoms with Gasteiger partial charge >= 0.3 is 11.9 Å². The van der Waals surface area contributed by atoms with Crippen LogP contribution in [0.4, 0.5) is 0 Å². The molecule has 0 bridgehead atoms. The number of hydrogen-bond donors (Lipinski definition) is 2. The molecule has 0 amide bonds. The molecule has 0 heterocycles. The lowest BCUT2D eigenvalue weighted by atomic mass is 10.1. The maximum absolute atomic E-state index is 11.7. The van der Waals surface area contributed by atoms with Crippen molar-refractivity contribution in [2.45, 2.75) is 77.1 Å². The monoisotopic (exact) mass is 420 g/mol. The molecule has 0 saturated heterocycles. The smallest absolute Gasteiger partial charge is 0.361 e. The molecule has 2 N–H and O–H groups in total. The average molecular weight is 421 g/mol. The Morgan fingerprint density at radius 2 is 1.48 bits per heavy atom. The van der Waals surface area contributed by atoms with Crippen molar-refractivity contribution in [2.24, 2.45) is 0 Å². The van der Waals surface area contributed by atoms with Crippen LogP contribution in [0.15, 0.2) is 0 Å². The molecule has 0 aromatic carbocycles. The molecule has 0 aliphatic carbocycles. The Bertz CT molecular complexity index is 437. The summed E-state index contributed by atoms with van der Waals surface area (Å²) in [7, 11) is 5.89. The first-order valence-corrected chi connectivity index (χ1v) is 10.8. The van der Waals surface area contributed by atoms with Crippen LogP contribution in [0.1, 0.15) is 64.7 Å². The lowest BCUT2D eigenvalue weighted by Gasteiger charge is -2.24. The lowest BCUT2D eigenvalue weighted by molar-refractivity contribution is -0.870. The van der Waals surface area contributed by atoms with Crippen LogP contribution >= 0.6 is 0 Å². The SMILES string of the molecule is CCCCCCCCCCC(=O)OCC(O)COC(OCC[N+](C)(C)C)C(=O)O. The van der Waals surface area contributed by atoms with Gasteiger partial charge in [0.15, 0.2) is 0 Å². The predicted molar refractivity (Wildman–Crippen MR) is 110 cm³/mol. The highest BCUT2D eigenvalue weighted by Crippen LogP contribution is 2.10. The Kier molecular flexibility index (Phi) is 15.9. The van der Waals surface area contributed by atoms with Crippen molar-refractivity contribution in [3.63, 3.8) is 0 Å². The Labute approximate surface area is 175 Å². The molecule has 2 atom stereocenters. The molecule has 0 saturated carbocycles. The van der Waals surface area contributed by atoms with Crippen molar-refractivity contribution in [1.82, 2.24) is 0 Å². The van der Waals surface area contributed by atoms with Gasteiger partial charge in [-0.3, -0.25) is 4.79 Å². The maximum atomic E-state index is 11.7. The second kappa shape index (κ2) is 16.6. The van der Waals surface area contributed by atoms with E-state index in [1.165, 1.54) is 32.1 Å². The molecule has 172 valence electrons. The fraction of sp³-hybridized carbons (Fsp3) is 0.905. The number of rotatable bonds is 19. The summed E-state index contributed by atoms with van der Waals surface area (Å²) < 4.78 is 16.0. The first kappa shape index (κ1) is 27.8. The fourth-order valence-corrected chi connectivity index (χ4v) is 2.54. The number of quaternary nitrogens is 1. The van der Waals surface area contributed by atoms with Gasteiger partial charge in [0.2, 0.25) is 0 Å². The van der Waals surface area contributed by atoms with Crippen molar-refractivity contribution in [2.75, 3.05) is 47.5 Å². The number of nitrogens with zero attached hydrogens (tertiary/aromatic N) is 1. The molecule has 0 aromatic rings. The minimum Gasteiger partial charge on any atom is -0.477 e. The molecule has 29 heavy (non-hydrogen) atoms. The van der Waals surface area contributed by atoms with Crippen molar-refractivity contribution < 1.29 is 38.5 Å². The van der Waals surface area contributed by atoms with Gasteiger partial charge in [-0.15, -0.1) is 0 Å². The van der Waals surface area contributed by atoms with Crippen molar-refractivity contribution in [1.29, 1.82) is 0 Å². The van der Waals surface area contributed by atoms with Crippen LogP contribution in [-0.2, 0) is 23.8 Å². The van der Waals surface area contributed by atoms with Crippen LogP contribution in [0.5, 0.6) is 0 Å². The predicted octanol–water partition coefficient (Wildman–Crippen LogP) is 2.57. The lowest BCUT2D eigenvalue weighted by Crippen LogP contribution is -2.40. The van der Waals surface area contributed by atoms with E-state index < -0.39 is 18.4 Å². The first-order chi connectivity index (χ1) is 13.7. The zero-order chi connectivity index (χ0) is 22.1. The summed E-state index contributed by atoms with van der Waals surface area (Å²) in [6, 6.07) is 0. The van der Waals surface area contributed by atoms with Crippen LogP contribution in [-0.4, -0.2) is 86.5 Å². The first-order valence-electron chi connectivity index (χ1n) is 10.8. The number of carbonyl (C=O) groups is 2. The number of esters is 1. The third-order valence-corrected chi connectivity index (χ3v) is 4.34. The summed E-state index contributed by atoms with van der Waals surface area (Å²) in [4.78, 5) is 22.9. The van der Waals surface area contributed by atoms with E-state index in [1.807, 2.05) is 21.1 Å². The van der Waals surface area contributed by atoms with Gasteiger partial charge in [-0.2, -0.15) is 0 Å². The number of carboxylic acid groups (broad SMARTS) is 1. The second-order valence-corrected chi connectivity index (χ2v) is 8.45. The van der Waals surface area contributed by atoms with Gasteiger partial charge in [0.1, 0.15) is 19.3 Å². The topological polar surface area (TPSA) is 102 Å². The minimum absolute atomic E-state index is 0.212. The van der Waals surface area contributed by atoms with E-state index >= 15 is 0 Å². The third-order valence-electron chi connectivity index (χ3n) is 4.34. The number of aliphatic hydroxyl groups is 1. The Hall–Kier alpha value is -1.22. The standard InChI is InChI=1S/C21H41NO7/c1-5-6-7-8-9-10-11-12-13-19(24)28-16-18(23)17-29-21(20(25)26)27-15-14-22(2,3)4/h18,21,23H,5-17H2,1-4H3/p+1. The molecule has 0 aliphatic rings. The molecule has 0 fully saturated rings.